The summed E-state index contributed by atoms with van der Waals surface area (Å²) < 4.78 is 10.9. The summed E-state index contributed by atoms with van der Waals surface area (Å²) in [5, 5.41) is 5.99. The number of aryl methyl sites for hydroxylation is 2. The normalized spacial score (nSPS) is 10.7. The van der Waals surface area contributed by atoms with Crippen LogP contribution in [0.1, 0.15) is 17.9 Å². The van der Waals surface area contributed by atoms with Gasteiger partial charge in [-0.05, 0) is 42.5 Å². The maximum Gasteiger partial charge on any atom is 0.227 e. The van der Waals surface area contributed by atoms with E-state index in [1.807, 2.05) is 35.7 Å². The van der Waals surface area contributed by atoms with Crippen molar-refractivity contribution in [2.75, 3.05) is 6.61 Å². The third kappa shape index (κ3) is 3.70. The summed E-state index contributed by atoms with van der Waals surface area (Å²) in [7, 11) is 0. The number of hydrogen-bond donors (Lipinski definition) is 0. The van der Waals surface area contributed by atoms with Crippen molar-refractivity contribution < 1.29 is 9.26 Å². The van der Waals surface area contributed by atoms with E-state index in [2.05, 4.69) is 23.1 Å². The molecule has 0 unspecified atom stereocenters. The van der Waals surface area contributed by atoms with Crippen LogP contribution < -0.4 is 4.74 Å². The number of thiophene rings is 1. The molecular weight excluding hydrogens is 284 g/mol. The minimum absolute atomic E-state index is 0.639. The lowest BCUT2D eigenvalue weighted by molar-refractivity contribution is 0.298. The quantitative estimate of drug-likeness (QED) is 0.643. The largest absolute Gasteiger partial charge is 0.494 e. The van der Waals surface area contributed by atoms with E-state index >= 15 is 0 Å². The molecule has 0 spiro atoms. The van der Waals surface area contributed by atoms with Gasteiger partial charge in [-0.25, -0.2) is 0 Å². The van der Waals surface area contributed by atoms with Crippen LogP contribution in [0.25, 0.3) is 10.7 Å². The second-order valence-electron chi connectivity index (χ2n) is 4.76. The number of rotatable bonds is 6. The van der Waals surface area contributed by atoms with Gasteiger partial charge in [0.2, 0.25) is 11.7 Å². The van der Waals surface area contributed by atoms with Crippen LogP contribution in [-0.4, -0.2) is 16.7 Å². The van der Waals surface area contributed by atoms with E-state index in [9.17, 15) is 0 Å². The smallest absolute Gasteiger partial charge is 0.227 e. The molecule has 0 saturated heterocycles. The van der Waals surface area contributed by atoms with Gasteiger partial charge in [-0.2, -0.15) is 4.98 Å². The van der Waals surface area contributed by atoms with Gasteiger partial charge >= 0.3 is 0 Å². The van der Waals surface area contributed by atoms with Crippen molar-refractivity contribution >= 4 is 11.3 Å². The molecule has 2 aromatic heterocycles. The summed E-state index contributed by atoms with van der Waals surface area (Å²) in [5.74, 6) is 2.23. The minimum Gasteiger partial charge on any atom is -0.494 e. The highest BCUT2D eigenvalue weighted by atomic mass is 32.1. The fraction of sp³-hybridized carbons (Fsp3) is 0.250. The zero-order chi connectivity index (χ0) is 14.5. The predicted octanol–water partition coefficient (Wildman–Crippen LogP) is 4.12. The Morgan fingerprint density at radius 3 is 3.00 bits per heavy atom. The standard InChI is InChI=1S/C16H16N2O2S/c1-12-5-2-6-13(11-12)19-9-3-8-15-17-16(18-20-15)14-7-4-10-21-14/h2,4-7,10-11H,3,8-9H2,1H3. The van der Waals surface area contributed by atoms with Crippen LogP contribution >= 0.6 is 11.3 Å². The van der Waals surface area contributed by atoms with Gasteiger partial charge in [0, 0.05) is 6.42 Å². The van der Waals surface area contributed by atoms with Crippen molar-refractivity contribution in [3.8, 4) is 16.5 Å². The van der Waals surface area contributed by atoms with E-state index < -0.39 is 0 Å². The Balaban J connectivity index is 1.48. The van der Waals surface area contributed by atoms with E-state index in [4.69, 9.17) is 9.26 Å². The van der Waals surface area contributed by atoms with E-state index in [1.165, 1.54) is 5.56 Å². The van der Waals surface area contributed by atoms with Crippen molar-refractivity contribution in [1.82, 2.24) is 10.1 Å². The Morgan fingerprint density at radius 1 is 1.24 bits per heavy atom. The average Bonchev–Trinajstić information content (AvgIpc) is 3.14. The molecule has 108 valence electrons. The SMILES string of the molecule is Cc1cccc(OCCCc2nc(-c3cccs3)no2)c1. The third-order valence-corrected chi connectivity index (χ3v) is 3.87. The first-order valence-electron chi connectivity index (χ1n) is 6.87. The van der Waals surface area contributed by atoms with Gasteiger partial charge in [0.25, 0.3) is 0 Å². The molecule has 0 atom stereocenters. The first kappa shape index (κ1) is 13.8. The summed E-state index contributed by atoms with van der Waals surface area (Å²) in [6.45, 7) is 2.69. The summed E-state index contributed by atoms with van der Waals surface area (Å²) in [4.78, 5) is 5.42. The van der Waals surface area contributed by atoms with Crippen molar-refractivity contribution in [3.05, 3.63) is 53.2 Å². The molecule has 4 nitrogen and oxygen atoms in total. The average molecular weight is 300 g/mol. The van der Waals surface area contributed by atoms with E-state index in [-0.39, 0.29) is 0 Å². The van der Waals surface area contributed by atoms with Crippen LogP contribution in [-0.2, 0) is 6.42 Å². The fourth-order valence-electron chi connectivity index (χ4n) is 1.98. The van der Waals surface area contributed by atoms with Gasteiger partial charge in [-0.3, -0.25) is 0 Å². The van der Waals surface area contributed by atoms with Crippen LogP contribution in [0.15, 0.2) is 46.3 Å². The van der Waals surface area contributed by atoms with Gasteiger partial charge in [0.15, 0.2) is 0 Å². The molecule has 0 aliphatic heterocycles. The van der Waals surface area contributed by atoms with Crippen molar-refractivity contribution in [1.29, 1.82) is 0 Å². The van der Waals surface area contributed by atoms with Crippen LogP contribution in [0.4, 0.5) is 0 Å². The molecule has 0 radical (unpaired) electrons. The van der Waals surface area contributed by atoms with Gasteiger partial charge in [0.05, 0.1) is 11.5 Å². The number of aromatic nitrogens is 2. The Bertz CT molecular complexity index is 692. The summed E-state index contributed by atoms with van der Waals surface area (Å²) in [6.07, 6.45) is 1.57. The molecule has 0 fully saturated rings. The molecule has 0 aliphatic rings. The Kier molecular flexibility index (Phi) is 4.31. The first-order valence-corrected chi connectivity index (χ1v) is 7.75. The van der Waals surface area contributed by atoms with Crippen molar-refractivity contribution in [3.63, 3.8) is 0 Å². The van der Waals surface area contributed by atoms with Gasteiger partial charge in [-0.15, -0.1) is 11.3 Å². The number of benzene rings is 1. The number of nitrogens with zero attached hydrogens (tertiary/aromatic N) is 2. The van der Waals surface area contributed by atoms with Crippen LogP contribution in [0, 0.1) is 6.92 Å². The van der Waals surface area contributed by atoms with E-state index in [0.29, 0.717) is 18.3 Å². The highest BCUT2D eigenvalue weighted by Crippen LogP contribution is 2.21. The van der Waals surface area contributed by atoms with E-state index in [1.54, 1.807) is 11.3 Å². The Morgan fingerprint density at radius 2 is 2.19 bits per heavy atom. The molecule has 0 bridgehead atoms. The zero-order valence-electron chi connectivity index (χ0n) is 11.8. The van der Waals surface area contributed by atoms with Crippen molar-refractivity contribution in [2.24, 2.45) is 0 Å². The molecule has 3 rings (SSSR count). The minimum atomic E-state index is 0.639. The van der Waals surface area contributed by atoms with Crippen molar-refractivity contribution in [2.45, 2.75) is 19.8 Å². The highest BCUT2D eigenvalue weighted by Gasteiger charge is 2.08. The van der Waals surface area contributed by atoms with Gasteiger partial charge in [-0.1, -0.05) is 23.4 Å². The van der Waals surface area contributed by atoms with Crippen LogP contribution in [0.2, 0.25) is 0 Å². The van der Waals surface area contributed by atoms with Crippen LogP contribution in [0.5, 0.6) is 5.75 Å². The molecule has 0 amide bonds. The molecule has 0 N–H and O–H groups in total. The molecule has 5 heteroatoms. The summed E-state index contributed by atoms with van der Waals surface area (Å²) in [5.41, 5.74) is 1.20. The second kappa shape index (κ2) is 6.54. The summed E-state index contributed by atoms with van der Waals surface area (Å²) >= 11 is 1.61. The number of hydrogen-bond acceptors (Lipinski definition) is 5. The second-order valence-corrected chi connectivity index (χ2v) is 5.71. The Labute approximate surface area is 127 Å². The molecule has 0 aliphatic carbocycles. The molecular formula is C16H16N2O2S. The highest BCUT2D eigenvalue weighted by molar-refractivity contribution is 7.13. The fourth-order valence-corrected chi connectivity index (χ4v) is 2.63. The summed E-state index contributed by atoms with van der Waals surface area (Å²) in [6, 6.07) is 12.0. The molecule has 2 heterocycles. The van der Waals surface area contributed by atoms with Gasteiger partial charge < -0.3 is 9.26 Å². The first-order chi connectivity index (χ1) is 10.3. The van der Waals surface area contributed by atoms with Gasteiger partial charge in [0.1, 0.15) is 5.75 Å². The lowest BCUT2D eigenvalue weighted by atomic mass is 10.2. The Hall–Kier alpha value is -2.14. The molecule has 3 aromatic rings. The zero-order valence-corrected chi connectivity index (χ0v) is 12.6. The van der Waals surface area contributed by atoms with E-state index in [0.717, 1.165) is 23.5 Å². The number of ether oxygens (including phenoxy) is 1. The lowest BCUT2D eigenvalue weighted by Crippen LogP contribution is -1.99. The maximum atomic E-state index is 5.70. The predicted molar refractivity (Wildman–Crippen MR) is 82.6 cm³/mol. The van der Waals surface area contributed by atoms with Crippen LogP contribution in [0.3, 0.4) is 0 Å². The molecule has 21 heavy (non-hydrogen) atoms. The monoisotopic (exact) mass is 300 g/mol. The molecule has 0 saturated carbocycles. The molecule has 1 aromatic carbocycles. The maximum absolute atomic E-state index is 5.70. The lowest BCUT2D eigenvalue weighted by Gasteiger charge is -2.05. The topological polar surface area (TPSA) is 48.2 Å². The third-order valence-electron chi connectivity index (χ3n) is 3.00.